The van der Waals surface area contributed by atoms with Gasteiger partial charge in [-0.2, -0.15) is 23.5 Å². The van der Waals surface area contributed by atoms with E-state index in [1.807, 2.05) is 0 Å². The van der Waals surface area contributed by atoms with Crippen LogP contribution in [0.2, 0.25) is 0 Å². The molecule has 2 atom stereocenters. The zero-order valence-corrected chi connectivity index (χ0v) is 18.5. The maximum Gasteiger partial charge on any atom is 0.390 e. The number of hydrogen-bond donors (Lipinski definition) is 1. The number of rotatable bonds is 4. The van der Waals surface area contributed by atoms with Gasteiger partial charge in [-0.15, -0.1) is 0 Å². The Balaban J connectivity index is 1.61. The van der Waals surface area contributed by atoms with E-state index >= 15 is 0 Å². The lowest BCUT2D eigenvalue weighted by molar-refractivity contribution is -0.138. The highest BCUT2D eigenvalue weighted by atomic mass is 19.4. The number of halogens is 5. The quantitative estimate of drug-likeness (QED) is 0.549. The molecule has 5 rings (SSSR count). The summed E-state index contributed by atoms with van der Waals surface area (Å²) in [5.41, 5.74) is 3.39. The van der Waals surface area contributed by atoms with Gasteiger partial charge >= 0.3 is 6.18 Å². The van der Waals surface area contributed by atoms with Crippen molar-refractivity contribution in [3.05, 3.63) is 76.0 Å². The maximum atomic E-state index is 14.4. The molecule has 0 saturated heterocycles. The molecule has 2 aromatic carbocycles. The van der Waals surface area contributed by atoms with Gasteiger partial charge in [0.1, 0.15) is 17.7 Å². The Labute approximate surface area is 198 Å². The minimum atomic E-state index is -4.28. The number of fused-ring (bicyclic) bond motifs is 2. The summed E-state index contributed by atoms with van der Waals surface area (Å²) in [6.45, 7) is 0.376. The van der Waals surface area contributed by atoms with Crippen LogP contribution in [0.4, 0.5) is 22.0 Å². The van der Waals surface area contributed by atoms with Crippen molar-refractivity contribution in [1.82, 2.24) is 14.7 Å². The highest BCUT2D eigenvalue weighted by Gasteiger charge is 2.39. The fourth-order valence-corrected chi connectivity index (χ4v) is 5.10. The van der Waals surface area contributed by atoms with Crippen LogP contribution in [-0.2, 0) is 19.4 Å². The van der Waals surface area contributed by atoms with Gasteiger partial charge in [0, 0.05) is 55.4 Å². The van der Waals surface area contributed by atoms with E-state index in [9.17, 15) is 32.3 Å². The number of nitriles is 1. The summed E-state index contributed by atoms with van der Waals surface area (Å²) >= 11 is 0. The van der Waals surface area contributed by atoms with Gasteiger partial charge in [0.05, 0.1) is 29.9 Å². The molecule has 1 aliphatic heterocycles. The van der Waals surface area contributed by atoms with E-state index in [0.29, 0.717) is 46.6 Å². The number of aromatic nitrogens is 2. The molecule has 1 aromatic heterocycles. The first-order valence-corrected chi connectivity index (χ1v) is 11.2. The molecular weight excluding hydrogens is 467 g/mol. The van der Waals surface area contributed by atoms with Crippen molar-refractivity contribution in [1.29, 1.82) is 5.26 Å². The van der Waals surface area contributed by atoms with Crippen molar-refractivity contribution < 1.29 is 27.1 Å². The van der Waals surface area contributed by atoms with E-state index in [4.69, 9.17) is 5.10 Å². The van der Waals surface area contributed by atoms with Crippen molar-refractivity contribution in [3.8, 4) is 17.3 Å². The fraction of sp³-hybridized carbons (Fsp3) is 0.360. The molecule has 2 unspecified atom stereocenters. The molecule has 1 aliphatic carbocycles. The van der Waals surface area contributed by atoms with Gasteiger partial charge in [-0.3, -0.25) is 9.58 Å². The summed E-state index contributed by atoms with van der Waals surface area (Å²) in [5.74, 6) is -1.50. The Morgan fingerprint density at radius 2 is 1.94 bits per heavy atom. The molecule has 0 bridgehead atoms. The third kappa shape index (κ3) is 4.42. The van der Waals surface area contributed by atoms with Crippen LogP contribution >= 0.6 is 0 Å². The van der Waals surface area contributed by atoms with Crippen molar-refractivity contribution in [3.63, 3.8) is 0 Å². The molecule has 5 nitrogen and oxygen atoms in total. The largest absolute Gasteiger partial charge is 0.390 e. The van der Waals surface area contributed by atoms with Gasteiger partial charge in [0.2, 0.25) is 0 Å². The molecule has 0 amide bonds. The molecule has 10 heteroatoms. The summed E-state index contributed by atoms with van der Waals surface area (Å²) in [7, 11) is 0. The fourth-order valence-electron chi connectivity index (χ4n) is 5.10. The second kappa shape index (κ2) is 8.73. The number of alkyl halides is 3. The number of aliphatic hydroxyl groups is 1. The topological polar surface area (TPSA) is 65.1 Å². The molecule has 0 fully saturated rings. The highest BCUT2D eigenvalue weighted by molar-refractivity contribution is 5.66. The Hall–Kier alpha value is -3.29. The number of benzene rings is 2. The number of hydrogen-bond acceptors (Lipinski definition) is 4. The van der Waals surface area contributed by atoms with Crippen molar-refractivity contribution in [2.45, 2.75) is 44.1 Å². The molecular formula is C25H21F5N4O. The maximum absolute atomic E-state index is 14.4. The zero-order chi connectivity index (χ0) is 24.9. The first-order chi connectivity index (χ1) is 16.6. The van der Waals surface area contributed by atoms with Crippen molar-refractivity contribution in [2.24, 2.45) is 0 Å². The average Bonchev–Trinajstić information content (AvgIpc) is 3.34. The molecule has 0 spiro atoms. The van der Waals surface area contributed by atoms with Crippen LogP contribution in [-0.4, -0.2) is 45.2 Å². The molecule has 2 heterocycles. The van der Waals surface area contributed by atoms with Crippen LogP contribution in [0.15, 0.2) is 36.4 Å². The van der Waals surface area contributed by atoms with Crippen LogP contribution in [0, 0.1) is 23.0 Å². The third-order valence-corrected chi connectivity index (χ3v) is 6.70. The molecule has 2 aliphatic rings. The molecule has 1 N–H and O–H groups in total. The molecule has 182 valence electrons. The van der Waals surface area contributed by atoms with E-state index in [-0.39, 0.29) is 25.1 Å². The Kier molecular flexibility index (Phi) is 5.85. The van der Waals surface area contributed by atoms with Crippen molar-refractivity contribution in [2.75, 3.05) is 13.1 Å². The lowest BCUT2D eigenvalue weighted by atomic mass is 9.99. The van der Waals surface area contributed by atoms with E-state index in [2.05, 4.69) is 6.07 Å². The predicted octanol–water partition coefficient (Wildman–Crippen LogP) is 4.52. The smallest absolute Gasteiger partial charge is 0.390 e. The number of nitrogens with zero attached hydrogens (tertiary/aromatic N) is 4. The normalized spacial score (nSPS) is 19.9. The van der Waals surface area contributed by atoms with Gasteiger partial charge in [0.25, 0.3) is 0 Å². The second-order valence-electron chi connectivity index (χ2n) is 8.97. The minimum absolute atomic E-state index is 0.00228. The predicted molar refractivity (Wildman–Crippen MR) is 116 cm³/mol. The second-order valence-corrected chi connectivity index (χ2v) is 8.97. The summed E-state index contributed by atoms with van der Waals surface area (Å²) in [5, 5.41) is 24.9. The van der Waals surface area contributed by atoms with Crippen LogP contribution in [0.3, 0.4) is 0 Å². The average molecular weight is 488 g/mol. The third-order valence-electron chi connectivity index (χ3n) is 6.70. The monoisotopic (exact) mass is 488 g/mol. The summed E-state index contributed by atoms with van der Waals surface area (Å²) in [6.07, 6.45) is -5.91. The summed E-state index contributed by atoms with van der Waals surface area (Å²) in [4.78, 5) is 1.69. The van der Waals surface area contributed by atoms with Crippen molar-refractivity contribution >= 4 is 0 Å². The minimum Gasteiger partial charge on any atom is -0.390 e. The highest BCUT2D eigenvalue weighted by Crippen LogP contribution is 2.40. The SMILES string of the molecule is N#Cc1cccc(-c2nn(C3c4cc(F)cc(F)c4CC3O)c3c2CN(CCC(F)(F)F)CC3)c1. The Bertz CT molecular complexity index is 1330. The first kappa shape index (κ1) is 23.5. The molecule has 0 saturated carbocycles. The van der Waals surface area contributed by atoms with Gasteiger partial charge in [-0.1, -0.05) is 12.1 Å². The van der Waals surface area contributed by atoms with E-state index in [1.165, 1.54) is 6.07 Å². The van der Waals surface area contributed by atoms with Crippen LogP contribution in [0.1, 0.15) is 40.4 Å². The van der Waals surface area contributed by atoms with Gasteiger partial charge in [-0.25, -0.2) is 8.78 Å². The first-order valence-electron chi connectivity index (χ1n) is 11.2. The van der Waals surface area contributed by atoms with E-state index < -0.39 is 36.4 Å². The molecule has 35 heavy (non-hydrogen) atoms. The Morgan fingerprint density at radius 3 is 2.69 bits per heavy atom. The van der Waals surface area contributed by atoms with Gasteiger partial charge in [0.15, 0.2) is 0 Å². The van der Waals surface area contributed by atoms with E-state index in [1.54, 1.807) is 33.8 Å². The standard InChI is InChI=1S/C25H21F5N4O/c26-16-9-18-17(20(27)10-16)11-22(35)24(18)34-21-4-6-33(7-5-25(28,29)30)13-19(21)23(32-34)15-3-1-2-14(8-15)12-31/h1-3,8-10,22,24,35H,4-7,11,13H2. The van der Waals surface area contributed by atoms with Gasteiger partial charge in [-0.05, 0) is 29.3 Å². The lowest BCUT2D eigenvalue weighted by Crippen LogP contribution is -2.35. The van der Waals surface area contributed by atoms with Crippen LogP contribution in [0.5, 0.6) is 0 Å². The Morgan fingerprint density at radius 1 is 1.14 bits per heavy atom. The summed E-state index contributed by atoms with van der Waals surface area (Å²) < 4.78 is 68.6. The lowest BCUT2D eigenvalue weighted by Gasteiger charge is -2.29. The summed E-state index contributed by atoms with van der Waals surface area (Å²) in [6, 6.07) is 9.92. The van der Waals surface area contributed by atoms with Gasteiger partial charge < -0.3 is 5.11 Å². The van der Waals surface area contributed by atoms with Crippen LogP contribution < -0.4 is 0 Å². The number of aliphatic hydroxyl groups excluding tert-OH is 1. The van der Waals surface area contributed by atoms with E-state index in [0.717, 1.165) is 6.07 Å². The zero-order valence-electron chi connectivity index (χ0n) is 18.5. The molecule has 0 radical (unpaired) electrons. The van der Waals surface area contributed by atoms with Crippen LogP contribution in [0.25, 0.3) is 11.3 Å². The molecule has 3 aromatic rings.